The Hall–Kier alpha value is -7.94. The minimum atomic E-state index is -0.132. The van der Waals surface area contributed by atoms with Crippen molar-refractivity contribution in [1.82, 2.24) is 4.57 Å². The Morgan fingerprint density at radius 3 is 2.03 bits per heavy atom. The molecule has 5 aliphatic rings. The van der Waals surface area contributed by atoms with E-state index in [4.69, 9.17) is 0 Å². The molecule has 70 heavy (non-hydrogen) atoms. The molecule has 0 spiro atoms. The number of hydrogen-bond acceptors (Lipinski definition) is 1. The number of nitrogens with zero attached hydrogens (tertiary/aromatic N) is 2. The van der Waals surface area contributed by atoms with Crippen LogP contribution in [0.3, 0.4) is 0 Å². The zero-order valence-electron chi connectivity index (χ0n) is 40.0. The van der Waals surface area contributed by atoms with Crippen LogP contribution in [0.1, 0.15) is 72.6 Å². The van der Waals surface area contributed by atoms with Crippen LogP contribution in [-0.4, -0.2) is 10.6 Å². The van der Waals surface area contributed by atoms with E-state index in [1.54, 1.807) is 0 Å². The van der Waals surface area contributed by atoms with Crippen LogP contribution in [0.15, 0.2) is 212 Å². The van der Waals surface area contributed by atoms with Gasteiger partial charge in [-0.15, -0.1) is 0 Å². The molecule has 0 radical (unpaired) electrons. The number of fused-ring (bicyclic) bond motifs is 14. The highest BCUT2D eigenvalue weighted by molar-refractivity contribution is 6.13. The molecular formula is C68H52N2. The normalized spacial score (nSPS) is 19.2. The van der Waals surface area contributed by atoms with Gasteiger partial charge in [0.1, 0.15) is 0 Å². The maximum absolute atomic E-state index is 2.64. The van der Waals surface area contributed by atoms with E-state index in [1.165, 1.54) is 128 Å². The largest absolute Gasteiger partial charge is 0.332 e. The number of anilines is 2. The van der Waals surface area contributed by atoms with Gasteiger partial charge in [0, 0.05) is 56.1 Å². The second-order valence-electron chi connectivity index (χ2n) is 21.6. The highest BCUT2D eigenvalue weighted by Gasteiger charge is 2.51. The summed E-state index contributed by atoms with van der Waals surface area (Å²) in [5, 5.41) is 2.56. The van der Waals surface area contributed by atoms with Crippen molar-refractivity contribution in [3.05, 3.63) is 251 Å². The zero-order chi connectivity index (χ0) is 46.6. The van der Waals surface area contributed by atoms with Crippen LogP contribution < -0.4 is 4.90 Å². The molecule has 0 N–H and O–H groups in total. The molecule has 0 saturated carbocycles. The summed E-state index contributed by atoms with van der Waals surface area (Å²) in [4.78, 5) is 2.64. The summed E-state index contributed by atoms with van der Waals surface area (Å²) in [6, 6.07) is 74.4. The number of hydrogen-bond donors (Lipinski definition) is 0. The molecular weight excluding hydrogens is 845 g/mol. The lowest BCUT2D eigenvalue weighted by atomic mass is 9.64. The standard InChI is InChI=1S/C68H52N2/c1-67(2)58-22-12-11-20-49(58)54-39-57-56-36-45(44-29-33-63-55(35-44)50-21-15-24-60-66(50)70(63)64-25-14-13-23-59(64)68(60,3)4)28-32-62(56)69(65(57)40-61(54)67)47-30-31-48-51(42-18-9-6-10-19-42)37-46-27-26-43(34-52(46)53(48)38-47)41-16-7-5-8-17-41/h5-36,38-40,51,60,66H,37H2,1-4H3. The summed E-state index contributed by atoms with van der Waals surface area (Å²) in [5.41, 5.74) is 27.7. The summed E-state index contributed by atoms with van der Waals surface area (Å²) in [5.74, 6) is 0.647. The van der Waals surface area contributed by atoms with Crippen LogP contribution in [-0.2, 0) is 17.3 Å². The molecule has 2 nitrogen and oxygen atoms in total. The van der Waals surface area contributed by atoms with Crippen LogP contribution >= 0.6 is 0 Å². The van der Waals surface area contributed by atoms with Crippen molar-refractivity contribution in [2.24, 2.45) is 5.92 Å². The first kappa shape index (κ1) is 40.0. The number of benzene rings is 9. The van der Waals surface area contributed by atoms with Crippen molar-refractivity contribution in [2.45, 2.75) is 56.9 Å². The van der Waals surface area contributed by atoms with E-state index in [-0.39, 0.29) is 22.8 Å². The smallest absolute Gasteiger partial charge is 0.0669 e. The molecule has 10 aromatic rings. The summed E-state index contributed by atoms with van der Waals surface area (Å²) >= 11 is 0. The van der Waals surface area contributed by atoms with Crippen LogP contribution in [0.25, 0.3) is 77.6 Å². The molecule has 0 saturated heterocycles. The second-order valence-corrected chi connectivity index (χ2v) is 21.6. The first-order valence-corrected chi connectivity index (χ1v) is 25.2. The fraction of sp³-hybridized carbons (Fsp3) is 0.147. The summed E-state index contributed by atoms with van der Waals surface area (Å²) in [6.45, 7) is 9.67. The highest BCUT2D eigenvalue weighted by atomic mass is 15.2. The van der Waals surface area contributed by atoms with Gasteiger partial charge in [0.15, 0.2) is 0 Å². The lowest BCUT2D eigenvalue weighted by Crippen LogP contribution is -2.48. The molecule has 0 fully saturated rings. The van der Waals surface area contributed by atoms with E-state index in [1.807, 2.05) is 0 Å². The predicted molar refractivity (Wildman–Crippen MR) is 293 cm³/mol. The van der Waals surface area contributed by atoms with Crippen molar-refractivity contribution < 1.29 is 0 Å². The van der Waals surface area contributed by atoms with Gasteiger partial charge in [0.2, 0.25) is 0 Å². The number of aromatic nitrogens is 1. The average Bonchev–Trinajstić information content (AvgIpc) is 3.99. The lowest BCUT2D eigenvalue weighted by Gasteiger charge is -2.49. The predicted octanol–water partition coefficient (Wildman–Crippen LogP) is 17.2. The number of allylic oxidation sites excluding steroid dienone is 2. The van der Waals surface area contributed by atoms with Crippen molar-refractivity contribution in [3.63, 3.8) is 0 Å². The average molecular weight is 897 g/mol. The van der Waals surface area contributed by atoms with Crippen molar-refractivity contribution in [1.29, 1.82) is 0 Å². The van der Waals surface area contributed by atoms with Gasteiger partial charge in [-0.25, -0.2) is 0 Å². The van der Waals surface area contributed by atoms with Crippen LogP contribution in [0, 0.1) is 5.92 Å². The van der Waals surface area contributed by atoms with E-state index in [0.717, 1.165) is 6.42 Å². The van der Waals surface area contributed by atoms with E-state index in [0.29, 0.717) is 5.92 Å². The van der Waals surface area contributed by atoms with E-state index < -0.39 is 0 Å². The number of rotatable bonds is 4. The van der Waals surface area contributed by atoms with Crippen molar-refractivity contribution in [3.8, 4) is 50.2 Å². The third-order valence-electron chi connectivity index (χ3n) is 17.4. The molecule has 2 heteroatoms. The van der Waals surface area contributed by atoms with Crippen LogP contribution in [0.5, 0.6) is 0 Å². The highest BCUT2D eigenvalue weighted by Crippen LogP contribution is 2.59. The third-order valence-corrected chi connectivity index (χ3v) is 17.4. The molecule has 3 unspecified atom stereocenters. The molecule has 15 rings (SSSR count). The Kier molecular flexibility index (Phi) is 8.18. The zero-order valence-corrected chi connectivity index (χ0v) is 40.0. The Labute approximate surface area is 410 Å². The Balaban J connectivity index is 0.937. The van der Waals surface area contributed by atoms with Gasteiger partial charge < -0.3 is 9.47 Å². The molecule has 3 heterocycles. The monoisotopic (exact) mass is 896 g/mol. The van der Waals surface area contributed by atoms with Crippen LogP contribution in [0.4, 0.5) is 11.4 Å². The fourth-order valence-corrected chi connectivity index (χ4v) is 13.9. The molecule has 1 aromatic heterocycles. The molecule has 3 aliphatic carbocycles. The molecule has 9 aromatic carbocycles. The summed E-state index contributed by atoms with van der Waals surface area (Å²) < 4.78 is 2.57. The maximum Gasteiger partial charge on any atom is 0.0669 e. The van der Waals surface area contributed by atoms with Gasteiger partial charge in [-0.2, -0.15) is 0 Å². The van der Waals surface area contributed by atoms with Crippen molar-refractivity contribution >= 4 is 38.8 Å². The van der Waals surface area contributed by atoms with Gasteiger partial charge in [0.25, 0.3) is 0 Å². The maximum atomic E-state index is 2.64. The topological polar surface area (TPSA) is 8.17 Å². The minimum absolute atomic E-state index is 0.0178. The van der Waals surface area contributed by atoms with E-state index >= 15 is 0 Å². The SMILES string of the molecule is CC1(C)c2ccccc2-c2cc3c4cc(-c5ccc6c(c5)C5=CC=CC7C5N6c5ccccc5C7(C)C)ccc4n(-c4ccc5c(c4)-c4cc(-c6ccccc6)ccc4CC5c4ccccc4)c3cc21. The van der Waals surface area contributed by atoms with Gasteiger partial charge in [-0.1, -0.05) is 179 Å². The lowest BCUT2D eigenvalue weighted by molar-refractivity contribution is 0.341. The van der Waals surface area contributed by atoms with Gasteiger partial charge in [-0.05, 0) is 151 Å². The van der Waals surface area contributed by atoms with Gasteiger partial charge in [0.05, 0.1) is 17.1 Å². The minimum Gasteiger partial charge on any atom is -0.332 e. The Bertz CT molecular complexity index is 3930. The Morgan fingerprint density at radius 1 is 0.471 bits per heavy atom. The van der Waals surface area contributed by atoms with Crippen molar-refractivity contribution in [2.75, 3.05) is 4.90 Å². The Morgan fingerprint density at radius 2 is 1.17 bits per heavy atom. The van der Waals surface area contributed by atoms with E-state index in [2.05, 4.69) is 250 Å². The summed E-state index contributed by atoms with van der Waals surface area (Å²) in [7, 11) is 0. The third kappa shape index (κ3) is 5.45. The first-order chi connectivity index (χ1) is 34.2. The number of para-hydroxylation sites is 1. The van der Waals surface area contributed by atoms with Crippen LogP contribution in [0.2, 0.25) is 0 Å². The quantitative estimate of drug-likeness (QED) is 0.171. The van der Waals surface area contributed by atoms with Gasteiger partial charge >= 0.3 is 0 Å². The molecule has 3 atom stereocenters. The summed E-state index contributed by atoms with van der Waals surface area (Å²) in [6.07, 6.45) is 8.12. The van der Waals surface area contributed by atoms with E-state index in [9.17, 15) is 0 Å². The molecule has 0 amide bonds. The molecule has 2 aliphatic heterocycles. The van der Waals surface area contributed by atoms with Gasteiger partial charge in [-0.3, -0.25) is 0 Å². The second kappa shape index (κ2) is 14.3. The molecule has 334 valence electrons. The fourth-order valence-electron chi connectivity index (χ4n) is 13.9. The first-order valence-electron chi connectivity index (χ1n) is 25.2. The molecule has 0 bridgehead atoms.